The smallest absolute Gasteiger partial charge is 0.360 e. The van der Waals surface area contributed by atoms with Crippen molar-refractivity contribution in [2.75, 3.05) is 5.73 Å². The van der Waals surface area contributed by atoms with E-state index in [1.165, 1.54) is 50.9 Å². The quantitative estimate of drug-likeness (QED) is 0.298. The lowest BCUT2D eigenvalue weighted by molar-refractivity contribution is 0.327. The number of hydrogen-bond donors (Lipinski definition) is 3. The van der Waals surface area contributed by atoms with Crippen LogP contribution in [-0.2, 0) is 11.1 Å². The number of para-hydroxylation sites is 1. The molecule has 0 saturated heterocycles. The van der Waals surface area contributed by atoms with E-state index in [0.29, 0.717) is 23.6 Å². The minimum atomic E-state index is -4.48. The Bertz CT molecular complexity index is 1030. The van der Waals surface area contributed by atoms with Gasteiger partial charge in [-0.2, -0.15) is 0 Å². The molecule has 1 aliphatic rings. The normalized spacial score (nSPS) is 15.9. The third kappa shape index (κ3) is 4.27. The van der Waals surface area contributed by atoms with Crippen LogP contribution in [0.15, 0.2) is 34.9 Å². The highest BCUT2D eigenvalue weighted by Crippen LogP contribution is 2.39. The van der Waals surface area contributed by atoms with E-state index in [-0.39, 0.29) is 11.1 Å². The number of furan rings is 1. The summed E-state index contributed by atoms with van der Waals surface area (Å²) in [5.74, 6) is 1.37. The molecular formula is C21H28N3O4P. The number of imidazole rings is 1. The van der Waals surface area contributed by atoms with E-state index in [1.807, 2.05) is 16.7 Å². The minimum absolute atomic E-state index is 0.112. The lowest BCUT2D eigenvalue weighted by Gasteiger charge is -2.21. The molecule has 2 aromatic heterocycles. The molecule has 7 nitrogen and oxygen atoms in total. The number of nitrogens with two attached hydrogens (primary N) is 1. The van der Waals surface area contributed by atoms with Gasteiger partial charge in [0.25, 0.3) is 0 Å². The van der Waals surface area contributed by atoms with Crippen LogP contribution in [0.5, 0.6) is 0 Å². The summed E-state index contributed by atoms with van der Waals surface area (Å²) in [6, 6.07) is 6.89. The van der Waals surface area contributed by atoms with Crippen molar-refractivity contribution >= 4 is 29.6 Å². The first-order valence-corrected chi connectivity index (χ1v) is 11.9. The number of aryl methyl sites for hydroxylation is 1. The molecule has 0 atom stereocenters. The van der Waals surface area contributed by atoms with E-state index in [1.54, 1.807) is 6.07 Å². The van der Waals surface area contributed by atoms with Crippen LogP contribution >= 0.6 is 7.60 Å². The molecule has 0 spiro atoms. The van der Waals surface area contributed by atoms with Crippen LogP contribution in [0.1, 0.15) is 51.4 Å². The van der Waals surface area contributed by atoms with Crippen molar-refractivity contribution in [2.45, 2.75) is 57.9 Å². The number of benzene rings is 1. The summed E-state index contributed by atoms with van der Waals surface area (Å²) < 4.78 is 19.3. The van der Waals surface area contributed by atoms with Crippen molar-refractivity contribution in [3.8, 4) is 11.6 Å². The van der Waals surface area contributed by atoms with Crippen LogP contribution in [0, 0.1) is 5.92 Å². The van der Waals surface area contributed by atoms with Gasteiger partial charge in [-0.3, -0.25) is 4.57 Å². The fraction of sp³-hybridized carbons (Fsp3) is 0.476. The fourth-order valence-corrected chi connectivity index (χ4v) is 5.12. The van der Waals surface area contributed by atoms with Crippen LogP contribution in [0.3, 0.4) is 0 Å². The predicted octanol–water partition coefficient (Wildman–Crippen LogP) is 4.43. The molecule has 0 amide bonds. The molecule has 4 N–H and O–H groups in total. The molecule has 2 heterocycles. The van der Waals surface area contributed by atoms with Crippen molar-refractivity contribution in [1.29, 1.82) is 0 Å². The highest BCUT2D eigenvalue weighted by molar-refractivity contribution is 7.60. The van der Waals surface area contributed by atoms with Crippen molar-refractivity contribution in [3.05, 3.63) is 30.5 Å². The van der Waals surface area contributed by atoms with Crippen molar-refractivity contribution in [1.82, 2.24) is 9.55 Å². The maximum atomic E-state index is 11.9. The Morgan fingerprint density at radius 3 is 2.72 bits per heavy atom. The second-order valence-electron chi connectivity index (χ2n) is 7.98. The third-order valence-corrected chi connectivity index (χ3v) is 6.92. The number of hydrogen-bond acceptors (Lipinski definition) is 4. The molecule has 0 bridgehead atoms. The van der Waals surface area contributed by atoms with Crippen LogP contribution < -0.4 is 11.0 Å². The molecular weight excluding hydrogens is 389 g/mol. The van der Waals surface area contributed by atoms with Gasteiger partial charge >= 0.3 is 7.60 Å². The average Bonchev–Trinajstić information content (AvgIpc) is 3.31. The van der Waals surface area contributed by atoms with E-state index in [9.17, 15) is 14.4 Å². The van der Waals surface area contributed by atoms with Gasteiger partial charge in [0.15, 0.2) is 11.6 Å². The van der Waals surface area contributed by atoms with Gasteiger partial charge in [-0.1, -0.05) is 51.0 Å². The standard InChI is InChI=1S/C21H28N3O4P/c22-16-10-6-11-17-19(16)23-21(20-18(12-14-28-20)29(25,26)27)24(17)13-5-4-9-15-7-2-1-3-8-15/h6,10-12,14-15H,1-5,7-9,13,22H2,(H2,25,26,27). The Morgan fingerprint density at radius 2 is 1.97 bits per heavy atom. The van der Waals surface area contributed by atoms with E-state index in [2.05, 4.69) is 4.98 Å². The Labute approximate surface area is 170 Å². The molecule has 0 aliphatic heterocycles. The second-order valence-corrected chi connectivity index (χ2v) is 9.55. The monoisotopic (exact) mass is 417 g/mol. The SMILES string of the molecule is Nc1cccc2c1nc(-c1occc1P(=O)(O)O)n2CCCCC1CCCCC1. The lowest BCUT2D eigenvalue weighted by atomic mass is 9.86. The summed E-state index contributed by atoms with van der Waals surface area (Å²) in [6.45, 7) is 0.698. The Hall–Kier alpha value is -2.08. The van der Waals surface area contributed by atoms with E-state index in [0.717, 1.165) is 24.3 Å². The van der Waals surface area contributed by atoms with Gasteiger partial charge in [-0.25, -0.2) is 4.98 Å². The molecule has 1 aromatic carbocycles. The molecule has 4 rings (SSSR count). The zero-order valence-electron chi connectivity index (χ0n) is 16.5. The van der Waals surface area contributed by atoms with Crippen molar-refractivity contribution < 1.29 is 18.8 Å². The molecule has 3 aromatic rings. The summed E-state index contributed by atoms with van der Waals surface area (Å²) in [4.78, 5) is 24.0. The van der Waals surface area contributed by atoms with Crippen molar-refractivity contribution in [2.24, 2.45) is 5.92 Å². The number of nitrogens with zero attached hydrogens (tertiary/aromatic N) is 2. The first-order chi connectivity index (χ1) is 13.9. The van der Waals surface area contributed by atoms with Crippen LogP contribution in [0.4, 0.5) is 5.69 Å². The van der Waals surface area contributed by atoms with E-state index < -0.39 is 7.60 Å². The number of nitrogen functional groups attached to an aromatic ring is 1. The molecule has 29 heavy (non-hydrogen) atoms. The van der Waals surface area contributed by atoms with Gasteiger partial charge in [0, 0.05) is 6.54 Å². The number of rotatable bonds is 7. The highest BCUT2D eigenvalue weighted by Gasteiger charge is 2.28. The average molecular weight is 417 g/mol. The Morgan fingerprint density at radius 1 is 1.17 bits per heavy atom. The summed E-state index contributed by atoms with van der Waals surface area (Å²) in [5.41, 5.74) is 8.12. The van der Waals surface area contributed by atoms with E-state index in [4.69, 9.17) is 10.2 Å². The number of anilines is 1. The van der Waals surface area contributed by atoms with E-state index >= 15 is 0 Å². The summed E-state index contributed by atoms with van der Waals surface area (Å²) in [6.07, 6.45) is 11.4. The van der Waals surface area contributed by atoms with Gasteiger partial charge in [0.1, 0.15) is 10.8 Å². The summed E-state index contributed by atoms with van der Waals surface area (Å²) in [7, 11) is -4.48. The summed E-state index contributed by atoms with van der Waals surface area (Å²) >= 11 is 0. The molecule has 0 unspecified atom stereocenters. The van der Waals surface area contributed by atoms with Gasteiger partial charge in [0.2, 0.25) is 0 Å². The molecule has 1 aliphatic carbocycles. The van der Waals surface area contributed by atoms with Crippen LogP contribution in [0.2, 0.25) is 0 Å². The Balaban J connectivity index is 1.62. The maximum absolute atomic E-state index is 11.9. The van der Waals surface area contributed by atoms with Crippen LogP contribution in [0.25, 0.3) is 22.6 Å². The topological polar surface area (TPSA) is 115 Å². The van der Waals surface area contributed by atoms with Crippen molar-refractivity contribution in [3.63, 3.8) is 0 Å². The van der Waals surface area contributed by atoms with Gasteiger partial charge in [-0.05, 0) is 30.5 Å². The molecule has 1 fully saturated rings. The maximum Gasteiger partial charge on any atom is 0.360 e. The highest BCUT2D eigenvalue weighted by atomic mass is 31.2. The summed E-state index contributed by atoms with van der Waals surface area (Å²) in [5, 5.41) is -0.144. The predicted molar refractivity (Wildman–Crippen MR) is 114 cm³/mol. The number of aromatic nitrogens is 2. The number of unbranched alkanes of at least 4 members (excludes halogenated alkanes) is 1. The zero-order valence-corrected chi connectivity index (χ0v) is 17.4. The molecule has 8 heteroatoms. The number of fused-ring (bicyclic) bond motifs is 1. The zero-order chi connectivity index (χ0) is 20.4. The fourth-order valence-electron chi connectivity index (χ4n) is 4.45. The molecule has 156 valence electrons. The van der Waals surface area contributed by atoms with Gasteiger partial charge in [0.05, 0.1) is 17.5 Å². The largest absolute Gasteiger partial charge is 0.460 e. The first-order valence-electron chi connectivity index (χ1n) is 10.3. The minimum Gasteiger partial charge on any atom is -0.460 e. The van der Waals surface area contributed by atoms with Gasteiger partial charge < -0.3 is 24.5 Å². The molecule has 0 radical (unpaired) electrons. The second kappa shape index (κ2) is 8.34. The van der Waals surface area contributed by atoms with Crippen LogP contribution in [-0.4, -0.2) is 19.3 Å². The first kappa shape index (κ1) is 20.2. The Kier molecular flexibility index (Phi) is 5.81. The third-order valence-electron chi connectivity index (χ3n) is 5.94. The van der Waals surface area contributed by atoms with Gasteiger partial charge in [-0.15, -0.1) is 0 Å². The lowest BCUT2D eigenvalue weighted by Crippen LogP contribution is -2.09. The molecule has 1 saturated carbocycles.